The Labute approximate surface area is 199 Å². The number of fused-ring (bicyclic) bond motifs is 1. The molecule has 172 valence electrons. The number of carbonyl (C=O) groups excluding carboxylic acids is 1. The third kappa shape index (κ3) is 5.39. The summed E-state index contributed by atoms with van der Waals surface area (Å²) in [5, 5.41) is 3.11. The fraction of sp³-hybridized carbons (Fsp3) is 0.136. The molecule has 0 spiro atoms. The number of sulfonamides is 1. The molecule has 1 heterocycles. The highest BCUT2D eigenvalue weighted by Crippen LogP contribution is 2.31. The molecule has 1 atom stereocenters. The van der Waals surface area contributed by atoms with Gasteiger partial charge < -0.3 is 14.8 Å². The van der Waals surface area contributed by atoms with Crippen LogP contribution >= 0.6 is 23.2 Å². The quantitative estimate of drug-likeness (QED) is 0.509. The van der Waals surface area contributed by atoms with E-state index in [0.717, 1.165) is 12.1 Å². The molecule has 0 fully saturated rings. The lowest BCUT2D eigenvalue weighted by Crippen LogP contribution is -2.40. The molecule has 3 aromatic rings. The lowest BCUT2D eigenvalue weighted by atomic mass is 10.2. The molecule has 2 N–H and O–H groups in total. The first-order valence-electron chi connectivity index (χ1n) is 9.67. The average molecular weight is 511 g/mol. The van der Waals surface area contributed by atoms with Gasteiger partial charge in [-0.15, -0.1) is 0 Å². The van der Waals surface area contributed by atoms with Crippen LogP contribution in [0.3, 0.4) is 0 Å². The van der Waals surface area contributed by atoms with Crippen LogP contribution in [0, 0.1) is 5.82 Å². The number of anilines is 1. The predicted octanol–water partition coefficient (Wildman–Crippen LogP) is 4.50. The second-order valence-corrected chi connectivity index (χ2v) is 9.63. The van der Waals surface area contributed by atoms with Crippen molar-refractivity contribution in [1.29, 1.82) is 0 Å². The van der Waals surface area contributed by atoms with Crippen LogP contribution in [0.5, 0.6) is 11.5 Å². The molecule has 3 aromatic carbocycles. The van der Waals surface area contributed by atoms with Gasteiger partial charge in [0, 0.05) is 11.3 Å². The summed E-state index contributed by atoms with van der Waals surface area (Å²) in [5.74, 6) is -0.603. The zero-order chi connectivity index (χ0) is 23.6. The standard InChI is InChI=1S/C22H17Cl2FN2O5S/c23-16-7-6-14(10-17(16)24)27-22(28)13-5-8-18(25)21(9-13)33(29,30)26-11-15-12-31-19-3-1-2-4-20(19)32-15/h1-10,15,26H,11-12H2,(H,27,28)/t15-/m1/s1. The molecule has 0 saturated carbocycles. The summed E-state index contributed by atoms with van der Waals surface area (Å²) in [7, 11) is -4.29. The van der Waals surface area contributed by atoms with Gasteiger partial charge in [-0.3, -0.25) is 4.79 Å². The number of hydrogen-bond donors (Lipinski definition) is 2. The van der Waals surface area contributed by atoms with Gasteiger partial charge in [0.1, 0.15) is 23.4 Å². The molecule has 4 rings (SSSR count). The summed E-state index contributed by atoms with van der Waals surface area (Å²) in [6.45, 7) is -0.0378. The molecule has 0 unspecified atom stereocenters. The maximum atomic E-state index is 14.4. The molecule has 11 heteroatoms. The summed E-state index contributed by atoms with van der Waals surface area (Å²) >= 11 is 11.8. The number of hydrogen-bond acceptors (Lipinski definition) is 5. The molecule has 0 radical (unpaired) electrons. The number of benzene rings is 3. The second kappa shape index (κ2) is 9.56. The minimum absolute atomic E-state index is 0.0611. The van der Waals surface area contributed by atoms with Crippen molar-refractivity contribution in [3.05, 3.63) is 82.1 Å². The zero-order valence-corrected chi connectivity index (χ0v) is 19.2. The van der Waals surface area contributed by atoms with Gasteiger partial charge in [0.2, 0.25) is 10.0 Å². The van der Waals surface area contributed by atoms with Gasteiger partial charge in [-0.1, -0.05) is 35.3 Å². The maximum absolute atomic E-state index is 14.4. The van der Waals surface area contributed by atoms with Crippen molar-refractivity contribution in [1.82, 2.24) is 4.72 Å². The first-order chi connectivity index (χ1) is 15.7. The molecule has 1 amide bonds. The molecule has 33 heavy (non-hydrogen) atoms. The van der Waals surface area contributed by atoms with Gasteiger partial charge in [0.05, 0.1) is 16.6 Å². The van der Waals surface area contributed by atoms with Crippen LogP contribution < -0.4 is 19.5 Å². The van der Waals surface area contributed by atoms with E-state index in [4.69, 9.17) is 32.7 Å². The molecule has 0 aromatic heterocycles. The Kier molecular flexibility index (Phi) is 6.76. The highest BCUT2D eigenvalue weighted by atomic mass is 35.5. The monoisotopic (exact) mass is 510 g/mol. The van der Waals surface area contributed by atoms with Crippen LogP contribution in [0.25, 0.3) is 0 Å². The molecule has 7 nitrogen and oxygen atoms in total. The van der Waals surface area contributed by atoms with Gasteiger partial charge in [-0.25, -0.2) is 17.5 Å². The Morgan fingerprint density at radius 1 is 1.03 bits per heavy atom. The fourth-order valence-corrected chi connectivity index (χ4v) is 4.54. The molecular weight excluding hydrogens is 494 g/mol. The lowest BCUT2D eigenvalue weighted by molar-refractivity contribution is 0.0943. The number of rotatable bonds is 6. The van der Waals surface area contributed by atoms with Gasteiger partial charge >= 0.3 is 0 Å². The largest absolute Gasteiger partial charge is 0.486 e. The van der Waals surface area contributed by atoms with Crippen molar-refractivity contribution >= 4 is 44.8 Å². The minimum Gasteiger partial charge on any atom is -0.486 e. The molecule has 0 bridgehead atoms. The van der Waals surface area contributed by atoms with Crippen molar-refractivity contribution in [3.8, 4) is 11.5 Å². The van der Waals surface area contributed by atoms with Gasteiger partial charge in [-0.05, 0) is 48.5 Å². The third-order valence-corrected chi connectivity index (χ3v) is 6.91. The zero-order valence-electron chi connectivity index (χ0n) is 16.8. The van der Waals surface area contributed by atoms with Crippen LogP contribution in [0.4, 0.5) is 10.1 Å². The topological polar surface area (TPSA) is 93.7 Å². The summed E-state index contributed by atoms with van der Waals surface area (Å²) < 4.78 is 53.4. The number of nitrogens with one attached hydrogen (secondary N) is 2. The van der Waals surface area contributed by atoms with Crippen LogP contribution in [0.2, 0.25) is 10.0 Å². The minimum atomic E-state index is -4.29. The fourth-order valence-electron chi connectivity index (χ4n) is 3.07. The van der Waals surface area contributed by atoms with Gasteiger partial charge in [0.25, 0.3) is 5.91 Å². The van der Waals surface area contributed by atoms with E-state index in [1.54, 1.807) is 24.3 Å². The van der Waals surface area contributed by atoms with E-state index in [1.807, 2.05) is 0 Å². The normalized spacial score (nSPS) is 15.2. The number of carbonyl (C=O) groups is 1. The van der Waals surface area contributed by atoms with Gasteiger partial charge in [0.15, 0.2) is 11.5 Å². The van der Waals surface area contributed by atoms with E-state index in [1.165, 1.54) is 24.3 Å². The first kappa shape index (κ1) is 23.3. The molecule has 0 aliphatic carbocycles. The summed E-state index contributed by atoms with van der Waals surface area (Å²) in [4.78, 5) is 11.9. The number of halogens is 3. The maximum Gasteiger partial charge on any atom is 0.255 e. The van der Waals surface area contributed by atoms with E-state index in [9.17, 15) is 17.6 Å². The van der Waals surface area contributed by atoms with E-state index < -0.39 is 32.7 Å². The number of ether oxygens (including phenoxy) is 2. The van der Waals surface area contributed by atoms with Crippen molar-refractivity contribution < 1.29 is 27.1 Å². The van der Waals surface area contributed by atoms with Crippen molar-refractivity contribution in [3.63, 3.8) is 0 Å². The van der Waals surface area contributed by atoms with E-state index >= 15 is 0 Å². The van der Waals surface area contributed by atoms with Gasteiger partial charge in [-0.2, -0.15) is 0 Å². The molecule has 0 saturated heterocycles. The lowest BCUT2D eigenvalue weighted by Gasteiger charge is -2.26. The number of amides is 1. The van der Waals surface area contributed by atoms with Crippen LogP contribution in [-0.4, -0.2) is 33.6 Å². The van der Waals surface area contributed by atoms with Crippen LogP contribution in [0.15, 0.2) is 65.6 Å². The van der Waals surface area contributed by atoms with Crippen LogP contribution in [0.1, 0.15) is 10.4 Å². The molecule has 1 aliphatic heterocycles. The SMILES string of the molecule is O=C(Nc1ccc(Cl)c(Cl)c1)c1ccc(F)c(S(=O)(=O)NC[C@@H]2COc3ccccc3O2)c1. The van der Waals surface area contributed by atoms with Crippen molar-refractivity contribution in [2.75, 3.05) is 18.5 Å². The highest BCUT2D eigenvalue weighted by Gasteiger charge is 2.26. The average Bonchev–Trinajstić information content (AvgIpc) is 2.80. The Bertz CT molecular complexity index is 1320. The highest BCUT2D eigenvalue weighted by molar-refractivity contribution is 7.89. The first-order valence-corrected chi connectivity index (χ1v) is 11.9. The predicted molar refractivity (Wildman–Crippen MR) is 122 cm³/mol. The van der Waals surface area contributed by atoms with Crippen molar-refractivity contribution in [2.24, 2.45) is 0 Å². The Balaban J connectivity index is 1.47. The number of para-hydroxylation sites is 2. The Morgan fingerprint density at radius 2 is 1.79 bits per heavy atom. The Hall–Kier alpha value is -2.85. The molecule has 1 aliphatic rings. The van der Waals surface area contributed by atoms with E-state index in [0.29, 0.717) is 22.2 Å². The second-order valence-electron chi connectivity index (χ2n) is 7.08. The van der Waals surface area contributed by atoms with E-state index in [-0.39, 0.29) is 23.7 Å². The third-order valence-electron chi connectivity index (χ3n) is 4.73. The summed E-state index contributed by atoms with van der Waals surface area (Å²) in [5.41, 5.74) is 0.282. The Morgan fingerprint density at radius 3 is 2.55 bits per heavy atom. The van der Waals surface area contributed by atoms with E-state index in [2.05, 4.69) is 10.0 Å². The summed E-state index contributed by atoms with van der Waals surface area (Å²) in [6.07, 6.45) is -0.612. The summed E-state index contributed by atoms with van der Waals surface area (Å²) in [6, 6.07) is 14.5. The van der Waals surface area contributed by atoms with Crippen LogP contribution in [-0.2, 0) is 10.0 Å². The van der Waals surface area contributed by atoms with Crippen molar-refractivity contribution in [2.45, 2.75) is 11.0 Å². The smallest absolute Gasteiger partial charge is 0.255 e. The molecular formula is C22H17Cl2FN2O5S.